The van der Waals surface area contributed by atoms with Gasteiger partial charge in [-0.25, -0.2) is 0 Å². The summed E-state index contributed by atoms with van der Waals surface area (Å²) in [6.45, 7) is 8.66. The molecule has 1 atom stereocenters. The van der Waals surface area contributed by atoms with Gasteiger partial charge in [-0.1, -0.05) is 36.7 Å². The van der Waals surface area contributed by atoms with E-state index in [2.05, 4.69) is 44.3 Å². The lowest BCUT2D eigenvalue weighted by molar-refractivity contribution is 0.0935. The van der Waals surface area contributed by atoms with Crippen molar-refractivity contribution in [1.29, 1.82) is 0 Å². The highest BCUT2D eigenvalue weighted by Gasteiger charge is 2.16. The summed E-state index contributed by atoms with van der Waals surface area (Å²) in [7, 11) is 0. The first-order chi connectivity index (χ1) is 11.5. The van der Waals surface area contributed by atoms with Crippen molar-refractivity contribution < 1.29 is 9.53 Å². The van der Waals surface area contributed by atoms with Gasteiger partial charge in [-0.15, -0.1) is 0 Å². The average Bonchev–Trinajstić information content (AvgIpc) is 2.57. The Hall–Kier alpha value is -2.00. The number of benzene rings is 2. The van der Waals surface area contributed by atoms with Gasteiger partial charge in [0.1, 0.15) is 5.75 Å². The molecule has 4 heteroatoms. The largest absolute Gasteiger partial charge is 0.492 e. The molecule has 0 aliphatic rings. The van der Waals surface area contributed by atoms with Crippen LogP contribution in [-0.4, -0.2) is 12.5 Å². The van der Waals surface area contributed by atoms with Gasteiger partial charge in [0.2, 0.25) is 0 Å². The highest BCUT2D eigenvalue weighted by molar-refractivity contribution is 6.32. The second kappa shape index (κ2) is 8.20. The van der Waals surface area contributed by atoms with E-state index in [1.165, 1.54) is 11.1 Å². The van der Waals surface area contributed by atoms with Crippen molar-refractivity contribution in [3.63, 3.8) is 0 Å². The standard InChI is InChI=1S/C20H24ClNO2/c1-5-18(15-8-7-13(3)14(4)11-15)22-20(23)16-9-10-19(24-6-2)17(21)12-16/h7-12,18H,5-6H2,1-4H3,(H,22,23)/t18-/m1/s1. The van der Waals surface area contributed by atoms with Crippen molar-refractivity contribution in [2.75, 3.05) is 6.61 Å². The minimum absolute atomic E-state index is 0.0258. The third kappa shape index (κ3) is 4.30. The molecule has 0 aliphatic carbocycles. The lowest BCUT2D eigenvalue weighted by atomic mass is 9.99. The first kappa shape index (κ1) is 18.3. The number of ether oxygens (including phenoxy) is 1. The van der Waals surface area contributed by atoms with Gasteiger partial charge in [0, 0.05) is 5.56 Å². The lowest BCUT2D eigenvalue weighted by Gasteiger charge is -2.19. The summed E-state index contributed by atoms with van der Waals surface area (Å²) in [5.41, 5.74) is 4.12. The third-order valence-corrected chi connectivity index (χ3v) is 4.44. The van der Waals surface area contributed by atoms with Gasteiger partial charge in [-0.2, -0.15) is 0 Å². The summed E-state index contributed by atoms with van der Waals surface area (Å²) in [6.07, 6.45) is 0.818. The van der Waals surface area contributed by atoms with Crippen molar-refractivity contribution in [2.24, 2.45) is 0 Å². The maximum atomic E-state index is 12.5. The molecule has 0 unspecified atom stereocenters. The molecule has 0 saturated carbocycles. The molecule has 0 spiro atoms. The summed E-state index contributed by atoms with van der Waals surface area (Å²) >= 11 is 6.17. The molecule has 2 aromatic carbocycles. The van der Waals surface area contributed by atoms with E-state index in [-0.39, 0.29) is 11.9 Å². The van der Waals surface area contributed by atoms with Gasteiger partial charge in [0.25, 0.3) is 5.91 Å². The number of halogens is 1. The van der Waals surface area contributed by atoms with Gasteiger partial charge in [-0.3, -0.25) is 4.79 Å². The minimum Gasteiger partial charge on any atom is -0.492 e. The van der Waals surface area contributed by atoms with E-state index in [4.69, 9.17) is 16.3 Å². The van der Waals surface area contributed by atoms with Gasteiger partial charge in [-0.05, 0) is 62.1 Å². The fraction of sp³-hybridized carbons (Fsp3) is 0.350. The van der Waals surface area contributed by atoms with Crippen LogP contribution >= 0.6 is 11.6 Å². The summed E-state index contributed by atoms with van der Waals surface area (Å²) in [5, 5.41) is 3.53. The maximum absolute atomic E-state index is 12.5. The Labute approximate surface area is 149 Å². The molecule has 1 N–H and O–H groups in total. The Morgan fingerprint density at radius 1 is 1.12 bits per heavy atom. The minimum atomic E-state index is -0.134. The summed E-state index contributed by atoms with van der Waals surface area (Å²) in [4.78, 5) is 12.5. The van der Waals surface area contributed by atoms with Gasteiger partial charge >= 0.3 is 0 Å². The van der Waals surface area contributed by atoms with Crippen LogP contribution in [0.5, 0.6) is 5.75 Å². The molecule has 0 saturated heterocycles. The Balaban J connectivity index is 2.17. The maximum Gasteiger partial charge on any atom is 0.251 e. The zero-order valence-corrected chi connectivity index (χ0v) is 15.4. The number of nitrogens with one attached hydrogen (secondary N) is 1. The highest BCUT2D eigenvalue weighted by Crippen LogP contribution is 2.26. The Kier molecular flexibility index (Phi) is 6.27. The van der Waals surface area contributed by atoms with Crippen LogP contribution in [0.2, 0.25) is 5.02 Å². The molecular weight excluding hydrogens is 322 g/mol. The molecule has 1 amide bonds. The van der Waals surface area contributed by atoms with Crippen LogP contribution in [0.25, 0.3) is 0 Å². The predicted molar refractivity (Wildman–Crippen MR) is 99.0 cm³/mol. The molecule has 2 aromatic rings. The molecule has 0 aliphatic heterocycles. The average molecular weight is 346 g/mol. The van der Waals surface area contributed by atoms with Crippen molar-refractivity contribution >= 4 is 17.5 Å². The van der Waals surface area contributed by atoms with Gasteiger partial charge in [0.05, 0.1) is 17.7 Å². The van der Waals surface area contributed by atoms with Crippen molar-refractivity contribution in [3.8, 4) is 5.75 Å². The van der Waals surface area contributed by atoms with Crippen molar-refractivity contribution in [3.05, 3.63) is 63.7 Å². The number of amides is 1. The fourth-order valence-corrected chi connectivity index (χ4v) is 2.79. The zero-order valence-electron chi connectivity index (χ0n) is 14.7. The normalized spacial score (nSPS) is 11.9. The molecule has 0 fully saturated rings. The number of hydrogen-bond donors (Lipinski definition) is 1. The van der Waals surface area contributed by atoms with E-state index in [9.17, 15) is 4.79 Å². The molecule has 128 valence electrons. The zero-order chi connectivity index (χ0) is 17.7. The lowest BCUT2D eigenvalue weighted by Crippen LogP contribution is -2.28. The predicted octanol–water partition coefficient (Wildman–Crippen LogP) is 5.24. The smallest absolute Gasteiger partial charge is 0.251 e. The molecule has 0 bridgehead atoms. The van der Waals surface area contributed by atoms with Crippen LogP contribution in [0.3, 0.4) is 0 Å². The molecule has 24 heavy (non-hydrogen) atoms. The van der Waals surface area contributed by atoms with Crippen LogP contribution in [0.1, 0.15) is 53.4 Å². The first-order valence-electron chi connectivity index (χ1n) is 8.26. The number of carbonyl (C=O) groups is 1. The van der Waals surface area contributed by atoms with Crippen LogP contribution in [0, 0.1) is 13.8 Å². The molecule has 2 rings (SSSR count). The van der Waals surface area contributed by atoms with Gasteiger partial charge in [0.15, 0.2) is 0 Å². The topological polar surface area (TPSA) is 38.3 Å². The summed E-state index contributed by atoms with van der Waals surface area (Å²) in [6, 6.07) is 11.4. The van der Waals surface area contributed by atoms with E-state index in [1.54, 1.807) is 18.2 Å². The van der Waals surface area contributed by atoms with Crippen LogP contribution in [0.4, 0.5) is 0 Å². The molecule has 0 radical (unpaired) electrons. The second-order valence-electron chi connectivity index (χ2n) is 5.86. The van der Waals surface area contributed by atoms with E-state index < -0.39 is 0 Å². The SMILES string of the molecule is CCOc1ccc(C(=O)N[C@H](CC)c2ccc(C)c(C)c2)cc1Cl. The number of carbonyl (C=O) groups excluding carboxylic acids is 1. The Morgan fingerprint density at radius 3 is 2.46 bits per heavy atom. The third-order valence-electron chi connectivity index (χ3n) is 4.14. The van der Waals surface area contributed by atoms with E-state index >= 15 is 0 Å². The van der Waals surface area contributed by atoms with Crippen LogP contribution < -0.4 is 10.1 Å². The number of aryl methyl sites for hydroxylation is 2. The molecule has 0 heterocycles. The quantitative estimate of drug-likeness (QED) is 0.777. The van der Waals surface area contributed by atoms with Crippen molar-refractivity contribution in [1.82, 2.24) is 5.32 Å². The van der Waals surface area contributed by atoms with Crippen molar-refractivity contribution in [2.45, 2.75) is 40.2 Å². The van der Waals surface area contributed by atoms with E-state index in [0.29, 0.717) is 22.9 Å². The van der Waals surface area contributed by atoms with E-state index in [1.807, 2.05) is 6.92 Å². The van der Waals surface area contributed by atoms with Crippen LogP contribution in [0.15, 0.2) is 36.4 Å². The van der Waals surface area contributed by atoms with Crippen LogP contribution in [-0.2, 0) is 0 Å². The second-order valence-corrected chi connectivity index (χ2v) is 6.26. The number of hydrogen-bond acceptors (Lipinski definition) is 2. The first-order valence-corrected chi connectivity index (χ1v) is 8.64. The highest BCUT2D eigenvalue weighted by atomic mass is 35.5. The number of rotatable bonds is 6. The molecular formula is C20H24ClNO2. The monoisotopic (exact) mass is 345 g/mol. The summed E-state index contributed by atoms with van der Waals surface area (Å²) in [5.74, 6) is 0.460. The molecule has 3 nitrogen and oxygen atoms in total. The van der Waals surface area contributed by atoms with E-state index in [0.717, 1.165) is 12.0 Å². The molecule has 0 aromatic heterocycles. The van der Waals surface area contributed by atoms with Gasteiger partial charge < -0.3 is 10.1 Å². The summed E-state index contributed by atoms with van der Waals surface area (Å²) < 4.78 is 5.40. The Morgan fingerprint density at radius 2 is 1.88 bits per heavy atom. The fourth-order valence-electron chi connectivity index (χ4n) is 2.56. The Bertz CT molecular complexity index is 728.